The Morgan fingerprint density at radius 2 is 2.11 bits per heavy atom. The first-order valence-corrected chi connectivity index (χ1v) is 6.26. The number of nitrogens with zero attached hydrogens (tertiary/aromatic N) is 1. The molecule has 6 heteroatoms. The van der Waals surface area contributed by atoms with Crippen LogP contribution in [0.25, 0.3) is 0 Å². The highest BCUT2D eigenvalue weighted by molar-refractivity contribution is 6.31. The average Bonchev–Trinajstić information content (AvgIpc) is 2.74. The van der Waals surface area contributed by atoms with Crippen molar-refractivity contribution in [2.45, 2.75) is 25.5 Å². The van der Waals surface area contributed by atoms with Crippen molar-refractivity contribution < 1.29 is 19.8 Å². The van der Waals surface area contributed by atoms with Gasteiger partial charge in [0, 0.05) is 23.6 Å². The average molecular weight is 284 g/mol. The molecule has 1 fully saturated rings. The van der Waals surface area contributed by atoms with Crippen LogP contribution >= 0.6 is 11.6 Å². The summed E-state index contributed by atoms with van der Waals surface area (Å²) in [7, 11) is 0. The highest BCUT2D eigenvalue weighted by atomic mass is 35.5. The van der Waals surface area contributed by atoms with Crippen LogP contribution in [-0.4, -0.2) is 45.7 Å². The van der Waals surface area contributed by atoms with Crippen LogP contribution in [0.15, 0.2) is 18.2 Å². The number of likely N-dealkylation sites (tertiary alicyclic amines) is 1. The third-order valence-electron chi connectivity index (χ3n) is 3.24. The van der Waals surface area contributed by atoms with Gasteiger partial charge in [-0.2, -0.15) is 0 Å². The van der Waals surface area contributed by atoms with Crippen LogP contribution in [-0.2, 0) is 4.79 Å². The Hall–Kier alpha value is -1.59. The number of aryl methyl sites for hydroxylation is 1. The molecule has 0 aliphatic carbocycles. The van der Waals surface area contributed by atoms with Gasteiger partial charge in [0.05, 0.1) is 6.10 Å². The van der Waals surface area contributed by atoms with Crippen LogP contribution < -0.4 is 0 Å². The molecule has 1 unspecified atom stereocenters. The molecule has 2 atom stereocenters. The summed E-state index contributed by atoms with van der Waals surface area (Å²) in [5.74, 6) is -1.53. The predicted octanol–water partition coefficient (Wildman–Crippen LogP) is 1.31. The number of carboxylic acids is 1. The van der Waals surface area contributed by atoms with E-state index in [9.17, 15) is 14.7 Å². The van der Waals surface area contributed by atoms with E-state index in [-0.39, 0.29) is 13.0 Å². The lowest BCUT2D eigenvalue weighted by Gasteiger charge is -2.21. The van der Waals surface area contributed by atoms with Crippen LogP contribution in [0.4, 0.5) is 0 Å². The number of aliphatic hydroxyl groups is 1. The number of hydrogen-bond donors (Lipinski definition) is 2. The first-order chi connectivity index (χ1) is 8.90. The third kappa shape index (κ3) is 2.72. The zero-order valence-corrected chi connectivity index (χ0v) is 11.1. The molecule has 0 radical (unpaired) electrons. The number of benzene rings is 1. The fourth-order valence-electron chi connectivity index (χ4n) is 2.16. The van der Waals surface area contributed by atoms with Gasteiger partial charge in [-0.25, -0.2) is 4.79 Å². The summed E-state index contributed by atoms with van der Waals surface area (Å²) in [5.41, 5.74) is 1.17. The Labute approximate surface area is 115 Å². The minimum Gasteiger partial charge on any atom is -0.480 e. The molecule has 0 spiro atoms. The standard InChI is InChI=1S/C13H14ClNO4/c1-7-2-3-8(4-10(7)14)12(17)15-6-9(16)5-11(15)13(18)19/h2-4,9,11,16H,5-6H2,1H3,(H,18,19)/t9?,11-/m0/s1. The zero-order valence-electron chi connectivity index (χ0n) is 10.3. The zero-order chi connectivity index (χ0) is 14.2. The molecule has 1 aliphatic heterocycles. The van der Waals surface area contributed by atoms with Crippen molar-refractivity contribution in [3.63, 3.8) is 0 Å². The first kappa shape index (κ1) is 13.8. The van der Waals surface area contributed by atoms with Gasteiger partial charge in [0.1, 0.15) is 6.04 Å². The lowest BCUT2D eigenvalue weighted by Crippen LogP contribution is -2.40. The number of β-amino-alcohol motifs (C(OH)–C–C–N with tert-alkyl or cyclic N) is 1. The second kappa shape index (κ2) is 5.19. The van der Waals surface area contributed by atoms with Gasteiger partial charge in [0.15, 0.2) is 0 Å². The molecule has 2 N–H and O–H groups in total. The molecule has 0 aromatic heterocycles. The van der Waals surface area contributed by atoms with Crippen molar-refractivity contribution in [1.29, 1.82) is 0 Å². The normalized spacial score (nSPS) is 22.6. The Balaban J connectivity index is 2.27. The van der Waals surface area contributed by atoms with E-state index in [0.717, 1.165) is 5.56 Å². The SMILES string of the molecule is Cc1ccc(C(=O)N2CC(O)C[C@H]2C(=O)O)cc1Cl. The fraction of sp³-hybridized carbons (Fsp3) is 0.385. The lowest BCUT2D eigenvalue weighted by atomic mass is 10.1. The molecule has 1 aliphatic rings. The van der Waals surface area contributed by atoms with E-state index in [2.05, 4.69) is 0 Å². The quantitative estimate of drug-likeness (QED) is 0.858. The summed E-state index contributed by atoms with van der Waals surface area (Å²) >= 11 is 5.96. The van der Waals surface area contributed by atoms with E-state index >= 15 is 0 Å². The summed E-state index contributed by atoms with van der Waals surface area (Å²) in [4.78, 5) is 24.5. The molecule has 2 rings (SSSR count). The van der Waals surface area contributed by atoms with Crippen molar-refractivity contribution in [2.24, 2.45) is 0 Å². The van der Waals surface area contributed by atoms with Gasteiger partial charge < -0.3 is 15.1 Å². The van der Waals surface area contributed by atoms with Crippen molar-refractivity contribution in [3.8, 4) is 0 Å². The number of aliphatic hydroxyl groups excluding tert-OH is 1. The number of carbonyl (C=O) groups is 2. The van der Waals surface area contributed by atoms with E-state index in [0.29, 0.717) is 10.6 Å². The second-order valence-corrected chi connectivity index (χ2v) is 5.07. The maximum absolute atomic E-state index is 12.3. The summed E-state index contributed by atoms with van der Waals surface area (Å²) in [6, 6.07) is 3.84. The van der Waals surface area contributed by atoms with E-state index in [1.54, 1.807) is 12.1 Å². The largest absolute Gasteiger partial charge is 0.480 e. The van der Waals surface area contributed by atoms with Crippen LogP contribution in [0.1, 0.15) is 22.3 Å². The van der Waals surface area contributed by atoms with Crippen molar-refractivity contribution in [2.75, 3.05) is 6.54 Å². The summed E-state index contributed by atoms with van der Waals surface area (Å²) in [6.45, 7) is 1.84. The maximum atomic E-state index is 12.3. The van der Waals surface area contributed by atoms with Crippen LogP contribution in [0, 0.1) is 6.92 Å². The fourth-order valence-corrected chi connectivity index (χ4v) is 2.34. The first-order valence-electron chi connectivity index (χ1n) is 5.88. The number of carboxylic acid groups (broad SMARTS) is 1. The van der Waals surface area contributed by atoms with Crippen LogP contribution in [0.5, 0.6) is 0 Å². The highest BCUT2D eigenvalue weighted by Crippen LogP contribution is 2.23. The van der Waals surface area contributed by atoms with Gasteiger partial charge >= 0.3 is 5.97 Å². The third-order valence-corrected chi connectivity index (χ3v) is 3.65. The molecule has 0 saturated carbocycles. The highest BCUT2D eigenvalue weighted by Gasteiger charge is 2.39. The van der Waals surface area contributed by atoms with E-state index in [1.165, 1.54) is 11.0 Å². The monoisotopic (exact) mass is 283 g/mol. The van der Waals surface area contributed by atoms with Crippen molar-refractivity contribution in [1.82, 2.24) is 4.90 Å². The molecular weight excluding hydrogens is 270 g/mol. The number of aliphatic carboxylic acids is 1. The molecule has 1 heterocycles. The minimum absolute atomic E-state index is 0.0291. The molecule has 102 valence electrons. The molecule has 5 nitrogen and oxygen atoms in total. The van der Waals surface area contributed by atoms with Gasteiger partial charge in [-0.3, -0.25) is 4.79 Å². The molecular formula is C13H14ClNO4. The molecule has 1 amide bonds. The number of amides is 1. The predicted molar refractivity (Wildman–Crippen MR) is 69.3 cm³/mol. The van der Waals surface area contributed by atoms with Crippen LogP contribution in [0.2, 0.25) is 5.02 Å². The second-order valence-electron chi connectivity index (χ2n) is 4.67. The molecule has 0 bridgehead atoms. The lowest BCUT2D eigenvalue weighted by molar-refractivity contribution is -0.141. The van der Waals surface area contributed by atoms with Crippen molar-refractivity contribution in [3.05, 3.63) is 34.3 Å². The number of rotatable bonds is 2. The summed E-state index contributed by atoms with van der Waals surface area (Å²) in [6.07, 6.45) is -0.744. The summed E-state index contributed by atoms with van der Waals surface area (Å²) < 4.78 is 0. The van der Waals surface area contributed by atoms with Crippen molar-refractivity contribution >= 4 is 23.5 Å². The number of halogens is 1. The smallest absolute Gasteiger partial charge is 0.326 e. The van der Waals surface area contributed by atoms with E-state index in [4.69, 9.17) is 16.7 Å². The molecule has 19 heavy (non-hydrogen) atoms. The molecule has 1 aromatic carbocycles. The topological polar surface area (TPSA) is 77.8 Å². The summed E-state index contributed by atoms with van der Waals surface area (Å²) in [5, 5.41) is 19.1. The number of hydrogen-bond acceptors (Lipinski definition) is 3. The molecule has 1 saturated heterocycles. The van der Waals surface area contributed by atoms with Gasteiger partial charge in [0.2, 0.25) is 0 Å². The Morgan fingerprint density at radius 3 is 2.68 bits per heavy atom. The maximum Gasteiger partial charge on any atom is 0.326 e. The number of carbonyl (C=O) groups excluding carboxylic acids is 1. The Kier molecular flexibility index (Phi) is 3.78. The molecule has 1 aromatic rings. The van der Waals surface area contributed by atoms with Gasteiger partial charge in [0.25, 0.3) is 5.91 Å². The van der Waals surface area contributed by atoms with Gasteiger partial charge in [-0.15, -0.1) is 0 Å². The van der Waals surface area contributed by atoms with E-state index in [1.807, 2.05) is 6.92 Å². The van der Waals surface area contributed by atoms with Gasteiger partial charge in [-0.1, -0.05) is 17.7 Å². The minimum atomic E-state index is -1.11. The van der Waals surface area contributed by atoms with Gasteiger partial charge in [-0.05, 0) is 24.6 Å². The van der Waals surface area contributed by atoms with Crippen LogP contribution in [0.3, 0.4) is 0 Å². The Bertz CT molecular complexity index is 531. The Morgan fingerprint density at radius 1 is 1.42 bits per heavy atom. The van der Waals surface area contributed by atoms with E-state index < -0.39 is 24.0 Å².